The fraction of sp³-hybridized carbons (Fsp3) is 0.294. The number of nitrogens with zero attached hydrogens (tertiary/aromatic N) is 4. The monoisotopic (exact) mass is 342 g/mol. The van der Waals surface area contributed by atoms with Gasteiger partial charge in [-0.05, 0) is 25.5 Å². The van der Waals surface area contributed by atoms with E-state index in [4.69, 9.17) is 4.74 Å². The number of hydrogen-bond acceptors (Lipinski definition) is 6. The molecule has 1 aromatic carbocycles. The van der Waals surface area contributed by atoms with E-state index in [0.717, 1.165) is 10.6 Å². The molecule has 124 valence electrons. The van der Waals surface area contributed by atoms with Gasteiger partial charge in [0, 0.05) is 5.56 Å². The van der Waals surface area contributed by atoms with Gasteiger partial charge in [0.25, 0.3) is 0 Å². The van der Waals surface area contributed by atoms with Crippen molar-refractivity contribution in [3.05, 3.63) is 42.5 Å². The lowest BCUT2D eigenvalue weighted by molar-refractivity contribution is -0.142. The van der Waals surface area contributed by atoms with E-state index in [-0.39, 0.29) is 11.2 Å². The lowest BCUT2D eigenvalue weighted by atomic mass is 10.2. The first-order chi connectivity index (χ1) is 11.7. The number of benzene rings is 1. The van der Waals surface area contributed by atoms with Crippen LogP contribution in [0.5, 0.6) is 0 Å². The van der Waals surface area contributed by atoms with E-state index >= 15 is 0 Å². The maximum absolute atomic E-state index is 12.0. The van der Waals surface area contributed by atoms with Crippen molar-refractivity contribution in [3.63, 3.8) is 0 Å². The maximum Gasteiger partial charge on any atom is 0.319 e. The molecule has 24 heavy (non-hydrogen) atoms. The molecule has 0 spiro atoms. The Morgan fingerprint density at radius 2 is 1.96 bits per heavy atom. The average molecular weight is 342 g/mol. The molecule has 0 aliphatic heterocycles. The quantitative estimate of drug-likeness (QED) is 0.506. The fourth-order valence-electron chi connectivity index (χ4n) is 2.28. The molecule has 3 rings (SSSR count). The van der Waals surface area contributed by atoms with Crippen LogP contribution in [0.3, 0.4) is 0 Å². The molecule has 0 aliphatic carbocycles. The normalized spacial score (nSPS) is 12.2. The zero-order chi connectivity index (χ0) is 16.9. The van der Waals surface area contributed by atoms with E-state index in [0.29, 0.717) is 24.5 Å². The molecule has 1 atom stereocenters. The number of rotatable bonds is 6. The summed E-state index contributed by atoms with van der Waals surface area (Å²) in [7, 11) is 0. The van der Waals surface area contributed by atoms with Gasteiger partial charge in [0.05, 0.1) is 6.61 Å². The Bertz CT molecular complexity index is 835. The van der Waals surface area contributed by atoms with Crippen molar-refractivity contribution in [1.82, 2.24) is 19.8 Å². The minimum Gasteiger partial charge on any atom is -0.465 e. The van der Waals surface area contributed by atoms with Gasteiger partial charge < -0.3 is 4.74 Å². The van der Waals surface area contributed by atoms with Gasteiger partial charge in [0.1, 0.15) is 10.3 Å². The summed E-state index contributed by atoms with van der Waals surface area (Å²) in [6.07, 6.45) is 0.678. The largest absolute Gasteiger partial charge is 0.465 e. The van der Waals surface area contributed by atoms with Gasteiger partial charge in [-0.3, -0.25) is 4.79 Å². The standard InChI is InChI=1S/C17H18N4O2S/c1-3-13(17(22)23-4-2)24-15-11-10-14-18-19-16(21(14)20-15)12-8-6-5-7-9-12/h5-11,13H,3-4H2,1-2H3/t13-/m1/s1. The van der Waals surface area contributed by atoms with E-state index in [1.165, 1.54) is 11.8 Å². The molecule has 0 N–H and O–H groups in total. The fourth-order valence-corrected chi connectivity index (χ4v) is 3.18. The third-order valence-electron chi connectivity index (χ3n) is 3.45. The van der Waals surface area contributed by atoms with E-state index in [1.54, 1.807) is 4.52 Å². The van der Waals surface area contributed by atoms with Crippen LogP contribution in [0.2, 0.25) is 0 Å². The Morgan fingerprint density at radius 3 is 2.67 bits per heavy atom. The summed E-state index contributed by atoms with van der Waals surface area (Å²) in [5.41, 5.74) is 1.61. The Labute approximate surface area is 144 Å². The molecule has 0 aliphatic rings. The SMILES string of the molecule is CCOC(=O)[C@@H](CC)Sc1ccc2nnc(-c3ccccc3)n2n1. The van der Waals surface area contributed by atoms with Crippen molar-refractivity contribution in [2.75, 3.05) is 6.61 Å². The van der Waals surface area contributed by atoms with Crippen LogP contribution in [-0.4, -0.2) is 37.6 Å². The van der Waals surface area contributed by atoms with Crippen LogP contribution in [0.1, 0.15) is 20.3 Å². The molecule has 2 heterocycles. The summed E-state index contributed by atoms with van der Waals surface area (Å²) < 4.78 is 6.82. The number of thioether (sulfide) groups is 1. The Hall–Kier alpha value is -2.41. The predicted molar refractivity (Wildman–Crippen MR) is 92.8 cm³/mol. The molecule has 3 aromatic rings. The molecule has 7 heteroatoms. The van der Waals surface area contributed by atoms with E-state index in [1.807, 2.05) is 56.3 Å². The highest BCUT2D eigenvalue weighted by Crippen LogP contribution is 2.26. The molecule has 6 nitrogen and oxygen atoms in total. The molecule has 0 amide bonds. The molecule has 0 radical (unpaired) electrons. The van der Waals surface area contributed by atoms with Crippen LogP contribution in [-0.2, 0) is 9.53 Å². The lowest BCUT2D eigenvalue weighted by Crippen LogP contribution is -2.19. The Balaban J connectivity index is 1.92. The van der Waals surface area contributed by atoms with Crippen molar-refractivity contribution in [2.45, 2.75) is 30.5 Å². The van der Waals surface area contributed by atoms with Crippen molar-refractivity contribution < 1.29 is 9.53 Å². The van der Waals surface area contributed by atoms with Gasteiger partial charge in [-0.15, -0.1) is 10.2 Å². The minimum absolute atomic E-state index is 0.209. The van der Waals surface area contributed by atoms with E-state index < -0.39 is 0 Å². The second-order valence-corrected chi connectivity index (χ2v) is 6.32. The third kappa shape index (κ3) is 3.41. The maximum atomic E-state index is 12.0. The lowest BCUT2D eigenvalue weighted by Gasteiger charge is -2.12. The topological polar surface area (TPSA) is 69.4 Å². The summed E-state index contributed by atoms with van der Waals surface area (Å²) in [6.45, 7) is 4.15. The predicted octanol–water partition coefficient (Wildman–Crippen LogP) is 3.23. The summed E-state index contributed by atoms with van der Waals surface area (Å²) in [5, 5.41) is 13.4. The number of carbonyl (C=O) groups is 1. The molecule has 0 bridgehead atoms. The van der Waals surface area contributed by atoms with Crippen molar-refractivity contribution >= 4 is 23.4 Å². The zero-order valence-electron chi connectivity index (χ0n) is 13.5. The summed E-state index contributed by atoms with van der Waals surface area (Å²) in [5.74, 6) is 0.469. The highest BCUT2D eigenvalue weighted by atomic mass is 32.2. The first-order valence-electron chi connectivity index (χ1n) is 7.84. The van der Waals surface area contributed by atoms with Gasteiger partial charge in [-0.1, -0.05) is 49.0 Å². The highest BCUT2D eigenvalue weighted by molar-refractivity contribution is 8.00. The van der Waals surface area contributed by atoms with Crippen molar-refractivity contribution in [1.29, 1.82) is 0 Å². The second-order valence-electron chi connectivity index (χ2n) is 5.10. The number of esters is 1. The number of hydrogen-bond donors (Lipinski definition) is 0. The smallest absolute Gasteiger partial charge is 0.319 e. The minimum atomic E-state index is -0.272. The van der Waals surface area contributed by atoms with E-state index in [9.17, 15) is 4.79 Å². The molecule has 0 unspecified atom stereocenters. The van der Waals surface area contributed by atoms with E-state index in [2.05, 4.69) is 15.3 Å². The van der Waals surface area contributed by atoms with Crippen LogP contribution in [0.15, 0.2) is 47.5 Å². The van der Waals surface area contributed by atoms with Gasteiger partial charge in [0.15, 0.2) is 11.5 Å². The molecular formula is C17H18N4O2S. The second kappa shape index (κ2) is 7.44. The summed E-state index contributed by atoms with van der Waals surface area (Å²) >= 11 is 1.40. The van der Waals surface area contributed by atoms with Crippen molar-refractivity contribution in [3.8, 4) is 11.4 Å². The zero-order valence-corrected chi connectivity index (χ0v) is 14.4. The van der Waals surface area contributed by atoms with Crippen LogP contribution in [0.25, 0.3) is 17.0 Å². The average Bonchev–Trinajstić information content (AvgIpc) is 3.03. The van der Waals surface area contributed by atoms with Crippen molar-refractivity contribution in [2.24, 2.45) is 0 Å². The highest BCUT2D eigenvalue weighted by Gasteiger charge is 2.20. The number of aromatic nitrogens is 4. The Morgan fingerprint density at radius 1 is 1.17 bits per heavy atom. The van der Waals surface area contributed by atoms with Gasteiger partial charge in [-0.25, -0.2) is 0 Å². The Kier molecular flexibility index (Phi) is 5.10. The number of carbonyl (C=O) groups excluding carboxylic acids is 1. The van der Waals surface area contributed by atoms with Gasteiger partial charge >= 0.3 is 5.97 Å². The molecule has 0 saturated heterocycles. The van der Waals surface area contributed by atoms with Gasteiger partial charge in [-0.2, -0.15) is 9.61 Å². The molecule has 0 saturated carbocycles. The van der Waals surface area contributed by atoms with Crippen LogP contribution in [0.4, 0.5) is 0 Å². The molecular weight excluding hydrogens is 324 g/mol. The van der Waals surface area contributed by atoms with Crippen LogP contribution < -0.4 is 0 Å². The third-order valence-corrected chi connectivity index (χ3v) is 4.72. The summed E-state index contributed by atoms with van der Waals surface area (Å²) in [4.78, 5) is 12.0. The number of ether oxygens (including phenoxy) is 1. The first kappa shape index (κ1) is 16.4. The van der Waals surface area contributed by atoms with Gasteiger partial charge in [0.2, 0.25) is 0 Å². The first-order valence-corrected chi connectivity index (χ1v) is 8.72. The summed E-state index contributed by atoms with van der Waals surface area (Å²) in [6, 6.07) is 13.5. The molecule has 2 aromatic heterocycles. The number of fused-ring (bicyclic) bond motifs is 1. The molecule has 0 fully saturated rings. The van der Waals surface area contributed by atoms with Crippen LogP contribution >= 0.6 is 11.8 Å². The van der Waals surface area contributed by atoms with Crippen LogP contribution in [0, 0.1) is 0 Å².